The summed E-state index contributed by atoms with van der Waals surface area (Å²) in [4.78, 5) is 11.1. The summed E-state index contributed by atoms with van der Waals surface area (Å²) in [5, 5.41) is 18.9. The van der Waals surface area contributed by atoms with Gasteiger partial charge in [0.2, 0.25) is 5.91 Å². The lowest BCUT2D eigenvalue weighted by Crippen LogP contribution is -2.26. The third-order valence-corrected chi connectivity index (χ3v) is 2.42. The Morgan fingerprint density at radius 1 is 1.59 bits per heavy atom. The van der Waals surface area contributed by atoms with Gasteiger partial charge in [-0.25, -0.2) is 0 Å². The summed E-state index contributed by atoms with van der Waals surface area (Å²) in [5.41, 5.74) is 0.665. The molecular weight excluding hydrogens is 220 g/mol. The van der Waals surface area contributed by atoms with Crippen molar-refractivity contribution in [3.8, 4) is 0 Å². The van der Waals surface area contributed by atoms with Crippen LogP contribution in [0.1, 0.15) is 13.8 Å². The summed E-state index contributed by atoms with van der Waals surface area (Å²) in [5.74, 6) is -0.0876. The minimum absolute atomic E-state index is 0.0876. The number of rotatable bonds is 6. The van der Waals surface area contributed by atoms with Gasteiger partial charge in [-0.3, -0.25) is 9.48 Å². The van der Waals surface area contributed by atoms with Gasteiger partial charge in [0.1, 0.15) is 6.54 Å². The van der Waals surface area contributed by atoms with Gasteiger partial charge < -0.3 is 15.7 Å². The number of anilines is 1. The molecule has 0 atom stereocenters. The molecule has 0 spiro atoms. The van der Waals surface area contributed by atoms with Crippen molar-refractivity contribution in [3.63, 3.8) is 0 Å². The number of amides is 1. The van der Waals surface area contributed by atoms with Gasteiger partial charge in [0.15, 0.2) is 0 Å². The van der Waals surface area contributed by atoms with Crippen LogP contribution < -0.4 is 10.6 Å². The van der Waals surface area contributed by atoms with Gasteiger partial charge in [-0.15, -0.1) is 0 Å². The number of nitrogens with one attached hydrogen (secondary N) is 2. The van der Waals surface area contributed by atoms with Crippen molar-refractivity contribution in [1.82, 2.24) is 15.1 Å². The van der Waals surface area contributed by atoms with Crippen LogP contribution in [0.4, 0.5) is 5.69 Å². The summed E-state index contributed by atoms with van der Waals surface area (Å²) in [6.45, 7) is 4.91. The van der Waals surface area contributed by atoms with Gasteiger partial charge in [-0.05, 0) is 0 Å². The molecular formula is C11H20N4O2. The van der Waals surface area contributed by atoms with E-state index in [-0.39, 0.29) is 24.5 Å². The Balaban J connectivity index is 2.49. The van der Waals surface area contributed by atoms with E-state index in [9.17, 15) is 4.79 Å². The van der Waals surface area contributed by atoms with E-state index in [1.807, 2.05) is 13.8 Å². The van der Waals surface area contributed by atoms with Gasteiger partial charge in [0.25, 0.3) is 0 Å². The number of aromatic nitrogens is 2. The molecule has 6 heteroatoms. The van der Waals surface area contributed by atoms with Crippen LogP contribution in [0.25, 0.3) is 0 Å². The molecule has 0 aliphatic heterocycles. The molecule has 1 amide bonds. The Labute approximate surface area is 101 Å². The Morgan fingerprint density at radius 2 is 2.29 bits per heavy atom. The highest BCUT2D eigenvalue weighted by Gasteiger charge is 2.16. The Bertz CT molecular complexity index is 373. The Morgan fingerprint density at radius 3 is 2.88 bits per heavy atom. The van der Waals surface area contributed by atoms with Crippen LogP contribution in [-0.4, -0.2) is 41.0 Å². The zero-order chi connectivity index (χ0) is 12.9. The second-order valence-electron chi connectivity index (χ2n) is 4.78. The Hall–Kier alpha value is -1.56. The van der Waals surface area contributed by atoms with Gasteiger partial charge in [0, 0.05) is 31.8 Å². The van der Waals surface area contributed by atoms with Gasteiger partial charge in [-0.2, -0.15) is 5.10 Å². The molecule has 0 saturated heterocycles. The van der Waals surface area contributed by atoms with Gasteiger partial charge in [0.05, 0.1) is 11.9 Å². The molecule has 0 bridgehead atoms. The summed E-state index contributed by atoms with van der Waals surface area (Å²) in [6, 6.07) is 0. The monoisotopic (exact) mass is 240 g/mol. The van der Waals surface area contributed by atoms with Crippen molar-refractivity contribution in [3.05, 3.63) is 12.4 Å². The fraction of sp³-hybridized carbons (Fsp3) is 0.636. The topological polar surface area (TPSA) is 79.2 Å². The third-order valence-electron chi connectivity index (χ3n) is 2.42. The second kappa shape index (κ2) is 5.67. The Kier molecular flexibility index (Phi) is 4.51. The molecule has 1 aromatic heterocycles. The quantitative estimate of drug-likeness (QED) is 0.657. The minimum Gasteiger partial charge on any atom is -0.396 e. The molecule has 1 heterocycles. The number of hydrogen-bond donors (Lipinski definition) is 3. The van der Waals surface area contributed by atoms with Crippen LogP contribution in [0.3, 0.4) is 0 Å². The van der Waals surface area contributed by atoms with Gasteiger partial charge >= 0.3 is 0 Å². The molecule has 0 aromatic carbocycles. The van der Waals surface area contributed by atoms with Crippen molar-refractivity contribution in [2.45, 2.75) is 20.4 Å². The van der Waals surface area contributed by atoms with Crippen LogP contribution in [0.5, 0.6) is 0 Å². The van der Waals surface area contributed by atoms with Crippen molar-refractivity contribution < 1.29 is 9.90 Å². The fourth-order valence-electron chi connectivity index (χ4n) is 1.16. The molecule has 1 rings (SSSR count). The first-order valence-electron chi connectivity index (χ1n) is 5.54. The third kappa shape index (κ3) is 4.44. The standard InChI is InChI=1S/C11H20N4O2/c1-11(2,8-16)7-13-9-4-14-15(5-9)6-10(17)12-3/h4-5,13,16H,6-8H2,1-3H3,(H,12,17). The lowest BCUT2D eigenvalue weighted by atomic mass is 9.95. The number of carbonyl (C=O) groups excluding carboxylic acids is 1. The largest absolute Gasteiger partial charge is 0.396 e. The van der Waals surface area contributed by atoms with E-state index in [0.717, 1.165) is 5.69 Å². The van der Waals surface area contributed by atoms with Crippen molar-refractivity contribution in [1.29, 1.82) is 0 Å². The van der Waals surface area contributed by atoms with E-state index in [1.54, 1.807) is 24.1 Å². The van der Waals surface area contributed by atoms with Crippen molar-refractivity contribution in [2.75, 3.05) is 25.5 Å². The minimum atomic E-state index is -0.178. The van der Waals surface area contributed by atoms with E-state index in [2.05, 4.69) is 15.7 Å². The summed E-state index contributed by atoms with van der Waals surface area (Å²) in [7, 11) is 1.59. The van der Waals surface area contributed by atoms with E-state index >= 15 is 0 Å². The maximum Gasteiger partial charge on any atom is 0.241 e. The molecule has 0 aliphatic carbocycles. The first-order valence-corrected chi connectivity index (χ1v) is 5.54. The number of hydrogen-bond acceptors (Lipinski definition) is 4. The molecule has 0 fully saturated rings. The molecule has 1 aromatic rings. The molecule has 17 heavy (non-hydrogen) atoms. The summed E-state index contributed by atoms with van der Waals surface area (Å²) in [6.07, 6.45) is 3.43. The first kappa shape index (κ1) is 13.5. The average Bonchev–Trinajstić information content (AvgIpc) is 2.74. The van der Waals surface area contributed by atoms with E-state index in [1.165, 1.54) is 0 Å². The second-order valence-corrected chi connectivity index (χ2v) is 4.78. The van der Waals surface area contributed by atoms with E-state index < -0.39 is 0 Å². The van der Waals surface area contributed by atoms with E-state index in [4.69, 9.17) is 5.11 Å². The highest BCUT2D eigenvalue weighted by atomic mass is 16.3. The highest BCUT2D eigenvalue weighted by molar-refractivity contribution is 5.75. The molecule has 0 unspecified atom stereocenters. The van der Waals surface area contributed by atoms with Crippen molar-refractivity contribution >= 4 is 11.6 Å². The number of aliphatic hydroxyl groups is 1. The van der Waals surface area contributed by atoms with Crippen LogP contribution in [0.15, 0.2) is 12.4 Å². The molecule has 96 valence electrons. The number of aliphatic hydroxyl groups excluding tert-OH is 1. The van der Waals surface area contributed by atoms with Crippen LogP contribution in [0, 0.1) is 5.41 Å². The normalized spacial score (nSPS) is 11.3. The average molecular weight is 240 g/mol. The van der Waals surface area contributed by atoms with Crippen LogP contribution in [-0.2, 0) is 11.3 Å². The van der Waals surface area contributed by atoms with E-state index in [0.29, 0.717) is 6.54 Å². The SMILES string of the molecule is CNC(=O)Cn1cc(NCC(C)(C)CO)cn1. The predicted octanol–water partition coefficient (Wildman–Crippen LogP) is 0.0595. The van der Waals surface area contributed by atoms with Crippen molar-refractivity contribution in [2.24, 2.45) is 5.41 Å². The molecule has 0 saturated carbocycles. The lowest BCUT2D eigenvalue weighted by Gasteiger charge is -2.21. The maximum atomic E-state index is 11.1. The molecule has 3 N–H and O–H groups in total. The zero-order valence-corrected chi connectivity index (χ0v) is 10.5. The first-order chi connectivity index (χ1) is 7.96. The smallest absolute Gasteiger partial charge is 0.241 e. The fourth-order valence-corrected chi connectivity index (χ4v) is 1.16. The lowest BCUT2D eigenvalue weighted by molar-refractivity contribution is -0.121. The number of likely N-dealkylation sites (N-methyl/N-ethyl adjacent to an activating group) is 1. The number of nitrogens with zero attached hydrogens (tertiary/aromatic N) is 2. The summed E-state index contributed by atoms with van der Waals surface area (Å²) < 4.78 is 1.56. The highest BCUT2D eigenvalue weighted by Crippen LogP contribution is 2.15. The summed E-state index contributed by atoms with van der Waals surface area (Å²) >= 11 is 0. The number of carbonyl (C=O) groups is 1. The predicted molar refractivity (Wildman–Crippen MR) is 65.7 cm³/mol. The molecule has 0 radical (unpaired) electrons. The van der Waals surface area contributed by atoms with Gasteiger partial charge in [-0.1, -0.05) is 13.8 Å². The van der Waals surface area contributed by atoms with Crippen LogP contribution in [0.2, 0.25) is 0 Å². The molecule has 6 nitrogen and oxygen atoms in total. The molecule has 0 aliphatic rings. The van der Waals surface area contributed by atoms with Crippen LogP contribution >= 0.6 is 0 Å². The zero-order valence-electron chi connectivity index (χ0n) is 10.5. The maximum absolute atomic E-state index is 11.1.